The van der Waals surface area contributed by atoms with E-state index in [-0.39, 0.29) is 11.8 Å². The molecule has 0 bridgehead atoms. The number of carbonyl (C=O) groups excluding carboxylic acids is 1. The van der Waals surface area contributed by atoms with Gasteiger partial charge >= 0.3 is 0 Å². The molecule has 1 atom stereocenters. The van der Waals surface area contributed by atoms with E-state index in [0.717, 1.165) is 34.8 Å². The Bertz CT molecular complexity index is 652. The number of nitrogens with one attached hydrogen (secondary N) is 1. The van der Waals surface area contributed by atoms with Crippen LogP contribution < -0.4 is 5.32 Å². The predicted octanol–water partition coefficient (Wildman–Crippen LogP) is 3.01. The second-order valence-electron chi connectivity index (χ2n) is 5.41. The predicted molar refractivity (Wildman–Crippen MR) is 85.6 cm³/mol. The fraction of sp³-hybridized carbons (Fsp3) is 0.375. The number of amides is 1. The minimum Gasteiger partial charge on any atom is -0.385 e. The highest BCUT2D eigenvalue weighted by atomic mass is 32.1. The molecule has 3 rings (SSSR count). The number of rotatable bonds is 3. The summed E-state index contributed by atoms with van der Waals surface area (Å²) in [5.74, 6) is 0.150. The number of hydrogen-bond acceptors (Lipinski definition) is 4. The standard InChI is InChI=1S/C16H19N3OS/c1-11-15(21-10-18-11)9-19(2)16(20)13-7-8-17-14-6-4-3-5-12(13)14/h3-6,10,13,17H,7-9H2,1-2H3. The fourth-order valence-corrected chi connectivity index (χ4v) is 3.59. The molecule has 110 valence electrons. The van der Waals surface area contributed by atoms with E-state index in [1.54, 1.807) is 11.3 Å². The third-order valence-electron chi connectivity index (χ3n) is 3.98. The zero-order valence-electron chi connectivity index (χ0n) is 12.3. The Morgan fingerprint density at radius 1 is 1.48 bits per heavy atom. The molecule has 0 fully saturated rings. The number of aromatic nitrogens is 1. The first kappa shape index (κ1) is 14.1. The molecule has 0 saturated carbocycles. The van der Waals surface area contributed by atoms with Crippen LogP contribution in [-0.4, -0.2) is 29.4 Å². The van der Waals surface area contributed by atoms with Crippen LogP contribution >= 0.6 is 11.3 Å². The maximum Gasteiger partial charge on any atom is 0.230 e. The Morgan fingerprint density at radius 3 is 3.05 bits per heavy atom. The molecule has 1 N–H and O–H groups in total. The van der Waals surface area contributed by atoms with Crippen molar-refractivity contribution in [2.75, 3.05) is 18.9 Å². The van der Waals surface area contributed by atoms with Crippen molar-refractivity contribution < 1.29 is 4.79 Å². The molecule has 1 amide bonds. The molecule has 1 aromatic heterocycles. The number of fused-ring (bicyclic) bond motifs is 1. The van der Waals surface area contributed by atoms with Crippen LogP contribution in [0.5, 0.6) is 0 Å². The van der Waals surface area contributed by atoms with Crippen LogP contribution in [0.3, 0.4) is 0 Å². The number of benzene rings is 1. The number of aryl methyl sites for hydroxylation is 1. The first-order chi connectivity index (χ1) is 10.2. The summed E-state index contributed by atoms with van der Waals surface area (Å²) < 4.78 is 0. The van der Waals surface area contributed by atoms with E-state index < -0.39 is 0 Å². The van der Waals surface area contributed by atoms with E-state index >= 15 is 0 Å². The van der Waals surface area contributed by atoms with Crippen molar-refractivity contribution in [2.45, 2.75) is 25.8 Å². The highest BCUT2D eigenvalue weighted by molar-refractivity contribution is 7.09. The van der Waals surface area contributed by atoms with Gasteiger partial charge in [-0.3, -0.25) is 4.79 Å². The van der Waals surface area contributed by atoms with Gasteiger partial charge in [-0.15, -0.1) is 11.3 Å². The minimum absolute atomic E-state index is 0.0410. The number of para-hydroxylation sites is 1. The van der Waals surface area contributed by atoms with Crippen LogP contribution in [0.15, 0.2) is 29.8 Å². The van der Waals surface area contributed by atoms with E-state index in [9.17, 15) is 4.79 Å². The Morgan fingerprint density at radius 2 is 2.29 bits per heavy atom. The van der Waals surface area contributed by atoms with Gasteiger partial charge in [-0.05, 0) is 25.0 Å². The Hall–Kier alpha value is -1.88. The molecule has 4 nitrogen and oxygen atoms in total. The lowest BCUT2D eigenvalue weighted by atomic mass is 9.90. The van der Waals surface area contributed by atoms with Gasteiger partial charge in [0.05, 0.1) is 23.7 Å². The van der Waals surface area contributed by atoms with Crippen molar-refractivity contribution in [3.05, 3.63) is 45.9 Å². The third-order valence-corrected chi connectivity index (χ3v) is 4.90. The minimum atomic E-state index is -0.0410. The lowest BCUT2D eigenvalue weighted by Crippen LogP contribution is -2.34. The average molecular weight is 301 g/mol. The van der Waals surface area contributed by atoms with Crippen molar-refractivity contribution in [3.63, 3.8) is 0 Å². The van der Waals surface area contributed by atoms with Crippen LogP contribution in [0, 0.1) is 6.92 Å². The number of nitrogens with zero attached hydrogens (tertiary/aromatic N) is 2. The molecule has 1 aliphatic rings. The van der Waals surface area contributed by atoms with Crippen molar-refractivity contribution >= 4 is 22.9 Å². The topological polar surface area (TPSA) is 45.2 Å². The monoisotopic (exact) mass is 301 g/mol. The summed E-state index contributed by atoms with van der Waals surface area (Å²) in [5, 5.41) is 3.36. The molecule has 0 radical (unpaired) electrons. The maximum atomic E-state index is 12.8. The summed E-state index contributed by atoms with van der Waals surface area (Å²) in [5.41, 5.74) is 5.06. The van der Waals surface area contributed by atoms with Crippen LogP contribution in [0.25, 0.3) is 0 Å². The average Bonchev–Trinajstić information content (AvgIpc) is 2.91. The Balaban J connectivity index is 1.78. The Labute approximate surface area is 128 Å². The number of anilines is 1. The first-order valence-corrected chi connectivity index (χ1v) is 8.01. The fourth-order valence-electron chi connectivity index (χ4n) is 2.76. The molecule has 2 aromatic rings. The molecule has 1 aliphatic heterocycles. The van der Waals surface area contributed by atoms with Crippen molar-refractivity contribution in [2.24, 2.45) is 0 Å². The number of carbonyl (C=O) groups is 1. The molecule has 1 aromatic carbocycles. The largest absolute Gasteiger partial charge is 0.385 e. The van der Waals surface area contributed by atoms with Gasteiger partial charge < -0.3 is 10.2 Å². The number of hydrogen-bond donors (Lipinski definition) is 1. The SMILES string of the molecule is Cc1ncsc1CN(C)C(=O)C1CCNc2ccccc21. The second kappa shape index (κ2) is 5.85. The summed E-state index contributed by atoms with van der Waals surface area (Å²) in [7, 11) is 1.88. The van der Waals surface area contributed by atoms with Gasteiger partial charge in [0.15, 0.2) is 0 Å². The number of thiazole rings is 1. The molecule has 0 aliphatic carbocycles. The zero-order chi connectivity index (χ0) is 14.8. The summed E-state index contributed by atoms with van der Waals surface area (Å²) in [4.78, 5) is 20.0. The highest BCUT2D eigenvalue weighted by Gasteiger charge is 2.28. The van der Waals surface area contributed by atoms with Gasteiger partial charge in [0.2, 0.25) is 5.91 Å². The summed E-state index contributed by atoms with van der Waals surface area (Å²) >= 11 is 1.61. The quantitative estimate of drug-likeness (QED) is 0.948. The maximum absolute atomic E-state index is 12.8. The third kappa shape index (κ3) is 2.78. The summed E-state index contributed by atoms with van der Waals surface area (Å²) in [6, 6.07) is 8.10. The summed E-state index contributed by atoms with van der Waals surface area (Å²) in [6.07, 6.45) is 0.849. The summed E-state index contributed by atoms with van der Waals surface area (Å²) in [6.45, 7) is 3.48. The van der Waals surface area contributed by atoms with Gasteiger partial charge in [0.1, 0.15) is 0 Å². The first-order valence-electron chi connectivity index (χ1n) is 7.13. The molecule has 1 unspecified atom stereocenters. The van der Waals surface area contributed by atoms with E-state index in [1.165, 1.54) is 0 Å². The van der Waals surface area contributed by atoms with Gasteiger partial charge in [-0.25, -0.2) is 4.98 Å². The van der Waals surface area contributed by atoms with Crippen molar-refractivity contribution in [1.29, 1.82) is 0 Å². The van der Waals surface area contributed by atoms with Gasteiger partial charge in [0, 0.05) is 24.2 Å². The van der Waals surface area contributed by atoms with Crippen LogP contribution in [0.4, 0.5) is 5.69 Å². The van der Waals surface area contributed by atoms with E-state index in [0.29, 0.717) is 6.54 Å². The van der Waals surface area contributed by atoms with Crippen LogP contribution in [0.1, 0.15) is 28.5 Å². The van der Waals surface area contributed by atoms with Crippen LogP contribution in [-0.2, 0) is 11.3 Å². The smallest absolute Gasteiger partial charge is 0.230 e. The van der Waals surface area contributed by atoms with Crippen molar-refractivity contribution in [1.82, 2.24) is 9.88 Å². The molecule has 0 spiro atoms. The molecule has 5 heteroatoms. The van der Waals surface area contributed by atoms with E-state index in [2.05, 4.69) is 16.4 Å². The molecular formula is C16H19N3OS. The van der Waals surface area contributed by atoms with Gasteiger partial charge in [-0.2, -0.15) is 0 Å². The molecule has 0 saturated heterocycles. The van der Waals surface area contributed by atoms with Crippen molar-refractivity contribution in [3.8, 4) is 0 Å². The Kier molecular flexibility index (Phi) is 3.92. The zero-order valence-corrected chi connectivity index (χ0v) is 13.1. The highest BCUT2D eigenvalue weighted by Crippen LogP contribution is 2.32. The second-order valence-corrected chi connectivity index (χ2v) is 6.35. The van der Waals surface area contributed by atoms with E-state index in [4.69, 9.17) is 0 Å². The molecule has 21 heavy (non-hydrogen) atoms. The molecular weight excluding hydrogens is 282 g/mol. The van der Waals surface area contributed by atoms with E-state index in [1.807, 2.05) is 42.6 Å². The van der Waals surface area contributed by atoms with Gasteiger partial charge in [-0.1, -0.05) is 18.2 Å². The number of likely N-dealkylation sites (N-methyl/N-ethyl adjacent to an activating group) is 1. The van der Waals surface area contributed by atoms with Gasteiger partial charge in [0.25, 0.3) is 0 Å². The lowest BCUT2D eigenvalue weighted by molar-refractivity contribution is -0.132. The normalized spacial score (nSPS) is 17.0. The van der Waals surface area contributed by atoms with Crippen LogP contribution in [0.2, 0.25) is 0 Å². The molecule has 2 heterocycles. The lowest BCUT2D eigenvalue weighted by Gasteiger charge is -2.29.